The molecule has 1 aliphatic rings. The Morgan fingerprint density at radius 3 is 2.59 bits per heavy atom. The van der Waals surface area contributed by atoms with Crippen molar-refractivity contribution in [1.29, 1.82) is 0 Å². The third-order valence-corrected chi connectivity index (χ3v) is 5.51. The molecule has 1 aliphatic heterocycles. The molecule has 0 spiro atoms. The van der Waals surface area contributed by atoms with Crippen molar-refractivity contribution in [3.63, 3.8) is 0 Å². The third kappa shape index (κ3) is 4.67. The highest BCUT2D eigenvalue weighted by atomic mass is 16.3. The van der Waals surface area contributed by atoms with E-state index in [4.69, 9.17) is 4.42 Å². The summed E-state index contributed by atoms with van der Waals surface area (Å²) in [5.74, 6) is 0.384. The van der Waals surface area contributed by atoms with Gasteiger partial charge in [0.1, 0.15) is 5.58 Å². The van der Waals surface area contributed by atoms with Crippen molar-refractivity contribution >= 4 is 22.8 Å². The van der Waals surface area contributed by atoms with Gasteiger partial charge in [-0.05, 0) is 49.9 Å². The monoisotopic (exact) mass is 390 g/mol. The number of nitrogens with one attached hydrogen (secondary N) is 1. The normalized spacial score (nSPS) is 14.9. The number of piperidine rings is 1. The standard InChI is InChI=1S/C24H26N2O3/c1-17-7-9-21-19(15-17)16-22(29-21)24(28)26-13-11-20(12-14-26)25-23(27)10-8-18-5-3-2-4-6-18/h2-7,9,15-16,20H,8,10-14H2,1H3,(H,25,27). The van der Waals surface area contributed by atoms with Crippen molar-refractivity contribution in [3.8, 4) is 0 Å². The lowest BCUT2D eigenvalue weighted by atomic mass is 10.0. The number of likely N-dealkylation sites (tertiary alicyclic amines) is 1. The van der Waals surface area contributed by atoms with Crippen molar-refractivity contribution < 1.29 is 14.0 Å². The van der Waals surface area contributed by atoms with Crippen molar-refractivity contribution in [2.45, 2.75) is 38.6 Å². The fourth-order valence-electron chi connectivity index (χ4n) is 3.85. The first-order valence-corrected chi connectivity index (χ1v) is 10.2. The summed E-state index contributed by atoms with van der Waals surface area (Å²) in [7, 11) is 0. The fraction of sp³-hybridized carbons (Fsp3) is 0.333. The molecule has 0 unspecified atom stereocenters. The molecule has 4 rings (SSSR count). The molecule has 3 aromatic rings. The van der Waals surface area contributed by atoms with Crippen LogP contribution in [-0.4, -0.2) is 35.8 Å². The lowest BCUT2D eigenvalue weighted by Gasteiger charge is -2.31. The first kappa shape index (κ1) is 19.2. The molecule has 1 fully saturated rings. The van der Waals surface area contributed by atoms with E-state index in [1.807, 2.05) is 66.4 Å². The molecule has 0 saturated carbocycles. The molecule has 0 aliphatic carbocycles. The minimum atomic E-state index is -0.0762. The number of carbonyl (C=O) groups excluding carboxylic acids is 2. The molecule has 1 saturated heterocycles. The maximum Gasteiger partial charge on any atom is 0.289 e. The van der Waals surface area contributed by atoms with E-state index in [0.717, 1.165) is 35.8 Å². The van der Waals surface area contributed by atoms with Crippen molar-refractivity contribution in [1.82, 2.24) is 10.2 Å². The highest BCUT2D eigenvalue weighted by Crippen LogP contribution is 2.23. The largest absolute Gasteiger partial charge is 0.451 e. The van der Waals surface area contributed by atoms with Gasteiger partial charge in [-0.1, -0.05) is 42.0 Å². The average Bonchev–Trinajstić information content (AvgIpc) is 3.16. The Morgan fingerprint density at radius 2 is 1.83 bits per heavy atom. The molecule has 1 N–H and O–H groups in total. The summed E-state index contributed by atoms with van der Waals surface area (Å²) >= 11 is 0. The van der Waals surface area contributed by atoms with Crippen LogP contribution in [0.3, 0.4) is 0 Å². The number of benzene rings is 2. The fourth-order valence-corrected chi connectivity index (χ4v) is 3.85. The van der Waals surface area contributed by atoms with Crippen LogP contribution >= 0.6 is 0 Å². The van der Waals surface area contributed by atoms with Gasteiger partial charge in [0.05, 0.1) is 0 Å². The van der Waals surface area contributed by atoms with Crippen LogP contribution < -0.4 is 5.32 Å². The zero-order chi connectivity index (χ0) is 20.2. The van der Waals surface area contributed by atoms with Gasteiger partial charge in [-0.15, -0.1) is 0 Å². The molecule has 0 bridgehead atoms. The summed E-state index contributed by atoms with van der Waals surface area (Å²) in [4.78, 5) is 26.8. The number of carbonyl (C=O) groups is 2. The number of hydrogen-bond acceptors (Lipinski definition) is 3. The first-order valence-electron chi connectivity index (χ1n) is 10.2. The van der Waals surface area contributed by atoms with E-state index >= 15 is 0 Å². The van der Waals surface area contributed by atoms with E-state index in [1.165, 1.54) is 5.56 Å². The Morgan fingerprint density at radius 1 is 1.07 bits per heavy atom. The molecule has 5 nitrogen and oxygen atoms in total. The highest BCUT2D eigenvalue weighted by Gasteiger charge is 2.26. The minimum Gasteiger partial charge on any atom is -0.451 e. The van der Waals surface area contributed by atoms with Crippen LogP contribution in [0.4, 0.5) is 0 Å². The van der Waals surface area contributed by atoms with Crippen LogP contribution in [0.2, 0.25) is 0 Å². The molecule has 2 heterocycles. The zero-order valence-corrected chi connectivity index (χ0v) is 16.7. The zero-order valence-electron chi connectivity index (χ0n) is 16.7. The molecule has 5 heteroatoms. The van der Waals surface area contributed by atoms with Gasteiger partial charge in [0, 0.05) is 30.9 Å². The van der Waals surface area contributed by atoms with E-state index in [-0.39, 0.29) is 17.9 Å². The minimum absolute atomic E-state index is 0.0753. The van der Waals surface area contributed by atoms with Crippen LogP contribution in [0, 0.1) is 6.92 Å². The number of rotatable bonds is 5. The van der Waals surface area contributed by atoms with E-state index in [1.54, 1.807) is 0 Å². The van der Waals surface area contributed by atoms with Gasteiger partial charge in [-0.3, -0.25) is 9.59 Å². The lowest BCUT2D eigenvalue weighted by Crippen LogP contribution is -2.46. The Balaban J connectivity index is 1.27. The number of fused-ring (bicyclic) bond motifs is 1. The maximum absolute atomic E-state index is 12.8. The number of nitrogens with zero attached hydrogens (tertiary/aromatic N) is 1. The molecule has 29 heavy (non-hydrogen) atoms. The van der Waals surface area contributed by atoms with E-state index in [0.29, 0.717) is 25.3 Å². The molecule has 2 aromatic carbocycles. The van der Waals surface area contributed by atoms with Crippen molar-refractivity contribution in [2.24, 2.45) is 0 Å². The van der Waals surface area contributed by atoms with Gasteiger partial charge in [0.15, 0.2) is 5.76 Å². The smallest absolute Gasteiger partial charge is 0.289 e. The summed E-state index contributed by atoms with van der Waals surface area (Å²) in [6.07, 6.45) is 2.77. The summed E-state index contributed by atoms with van der Waals surface area (Å²) in [5, 5.41) is 4.07. The predicted octanol–water partition coefficient (Wildman–Crippen LogP) is 4.09. The average molecular weight is 390 g/mol. The maximum atomic E-state index is 12.8. The summed E-state index contributed by atoms with van der Waals surface area (Å²) in [6, 6.07) is 17.9. The van der Waals surface area contributed by atoms with E-state index < -0.39 is 0 Å². The summed E-state index contributed by atoms with van der Waals surface area (Å²) < 4.78 is 5.74. The first-order chi connectivity index (χ1) is 14.1. The van der Waals surface area contributed by atoms with Crippen LogP contribution in [0.25, 0.3) is 11.0 Å². The quantitative estimate of drug-likeness (QED) is 0.714. The molecule has 150 valence electrons. The SMILES string of the molecule is Cc1ccc2oc(C(=O)N3CCC(NC(=O)CCc4ccccc4)CC3)cc2c1. The van der Waals surface area contributed by atoms with Gasteiger partial charge < -0.3 is 14.6 Å². The Hall–Kier alpha value is -3.08. The Bertz CT molecular complexity index is 1000. The molecule has 2 amide bonds. The second-order valence-corrected chi connectivity index (χ2v) is 7.77. The highest BCUT2D eigenvalue weighted by molar-refractivity contribution is 5.96. The molecule has 0 atom stereocenters. The Kier molecular flexibility index (Phi) is 5.65. The molecular formula is C24H26N2O3. The summed E-state index contributed by atoms with van der Waals surface area (Å²) in [6.45, 7) is 3.27. The lowest BCUT2D eigenvalue weighted by molar-refractivity contribution is -0.122. The molecule has 0 radical (unpaired) electrons. The molecule has 1 aromatic heterocycles. The number of aryl methyl sites for hydroxylation is 2. The van der Waals surface area contributed by atoms with Gasteiger partial charge in [-0.2, -0.15) is 0 Å². The number of hydrogen-bond donors (Lipinski definition) is 1. The van der Waals surface area contributed by atoms with Crippen LogP contribution in [0.1, 0.15) is 40.9 Å². The number of furan rings is 1. The summed E-state index contributed by atoms with van der Waals surface area (Å²) in [5.41, 5.74) is 3.05. The van der Waals surface area contributed by atoms with Crippen LogP contribution in [0.5, 0.6) is 0 Å². The predicted molar refractivity (Wildman–Crippen MR) is 113 cm³/mol. The van der Waals surface area contributed by atoms with Crippen molar-refractivity contribution in [3.05, 3.63) is 71.5 Å². The second kappa shape index (κ2) is 8.52. The van der Waals surface area contributed by atoms with E-state index in [2.05, 4.69) is 5.32 Å². The van der Waals surface area contributed by atoms with Gasteiger partial charge >= 0.3 is 0 Å². The van der Waals surface area contributed by atoms with Gasteiger partial charge in [0.25, 0.3) is 5.91 Å². The van der Waals surface area contributed by atoms with Crippen LogP contribution in [0.15, 0.2) is 59.0 Å². The third-order valence-electron chi connectivity index (χ3n) is 5.51. The van der Waals surface area contributed by atoms with Crippen molar-refractivity contribution in [2.75, 3.05) is 13.1 Å². The van der Waals surface area contributed by atoms with Gasteiger partial charge in [-0.25, -0.2) is 0 Å². The van der Waals surface area contributed by atoms with E-state index in [9.17, 15) is 9.59 Å². The molecular weight excluding hydrogens is 364 g/mol. The topological polar surface area (TPSA) is 62.6 Å². The second-order valence-electron chi connectivity index (χ2n) is 7.77. The van der Waals surface area contributed by atoms with Crippen LogP contribution in [-0.2, 0) is 11.2 Å². The number of amides is 2. The van der Waals surface area contributed by atoms with Gasteiger partial charge in [0.2, 0.25) is 5.91 Å². The Labute approximate surface area is 170 Å².